The van der Waals surface area contributed by atoms with E-state index in [4.69, 9.17) is 4.42 Å². The SMILES string of the molecule is Cc1cc2c3c(c1)N(c1cc4c(cc1C)C(C)(C)CCC4(C)C)c1c(ccc4c1oc1cc5c(cc14)C(C)(C)CCC5(C)C)B3c1cc3c(cc1N2c1cc2c(cc1C)C(C)(C)CCC2(C)C)C(C)(C)CC3(C)C. The molecule has 0 fully saturated rings. The number of hydrogen-bond acceptors (Lipinski definition) is 3. The van der Waals surface area contributed by atoms with Crippen LogP contribution in [0, 0.1) is 20.8 Å². The topological polar surface area (TPSA) is 19.6 Å². The fourth-order valence-corrected chi connectivity index (χ4v) is 16.4. The number of aryl methyl sites for hydroxylation is 3. The molecule has 0 unspecified atom stereocenters. The fourth-order valence-electron chi connectivity index (χ4n) is 16.4. The van der Waals surface area contributed by atoms with Crippen LogP contribution in [0.15, 0.2) is 77.2 Å². The Hall–Kier alpha value is -5.22. The van der Waals surface area contributed by atoms with Crippen LogP contribution in [-0.2, 0) is 43.3 Å². The van der Waals surface area contributed by atoms with Crippen molar-refractivity contribution < 1.29 is 4.42 Å². The lowest BCUT2D eigenvalue weighted by molar-refractivity contribution is 0.332. The minimum Gasteiger partial charge on any atom is -0.454 e. The molecule has 74 heavy (non-hydrogen) atoms. The minimum atomic E-state index is -0.0202. The van der Waals surface area contributed by atoms with E-state index in [1.54, 1.807) is 0 Å². The Kier molecular flexibility index (Phi) is 9.57. The molecule has 2 aliphatic heterocycles. The normalized spacial score (nSPS) is 22.1. The summed E-state index contributed by atoms with van der Waals surface area (Å²) in [5.41, 5.74) is 30.2. The molecule has 1 aromatic heterocycles. The van der Waals surface area contributed by atoms with Gasteiger partial charge in [0.05, 0.1) is 5.69 Å². The number of anilines is 6. The van der Waals surface area contributed by atoms with Crippen LogP contribution in [0.4, 0.5) is 34.1 Å². The van der Waals surface area contributed by atoms with Crippen molar-refractivity contribution in [3.05, 3.63) is 134 Å². The van der Waals surface area contributed by atoms with E-state index in [-0.39, 0.29) is 50.0 Å². The number of rotatable bonds is 2. The Balaban J connectivity index is 1.17. The molecule has 13 rings (SSSR count). The molecule has 4 heteroatoms. The van der Waals surface area contributed by atoms with E-state index in [1.165, 1.54) is 155 Å². The highest BCUT2D eigenvalue weighted by molar-refractivity contribution is 7.00. The van der Waals surface area contributed by atoms with E-state index >= 15 is 0 Å². The molecule has 0 amide bonds. The predicted molar refractivity (Wildman–Crippen MR) is 318 cm³/mol. The molecule has 7 aromatic rings. The third-order valence-corrected chi connectivity index (χ3v) is 21.1. The fraction of sp³-hybridized carbons (Fsp3) is 0.486. The highest BCUT2D eigenvalue weighted by atomic mass is 16.3. The van der Waals surface area contributed by atoms with Crippen molar-refractivity contribution in [2.24, 2.45) is 0 Å². The summed E-state index contributed by atoms with van der Waals surface area (Å²) in [6.07, 6.45) is 8.19. The van der Waals surface area contributed by atoms with Gasteiger partial charge in [0.25, 0.3) is 6.71 Å². The average molecular weight is 979 g/mol. The Morgan fingerprint density at radius 2 is 0.784 bits per heavy atom. The van der Waals surface area contributed by atoms with Gasteiger partial charge in [-0.1, -0.05) is 141 Å². The summed E-state index contributed by atoms with van der Waals surface area (Å²) < 4.78 is 7.61. The molecule has 0 radical (unpaired) electrons. The number of fused-ring (bicyclic) bond motifs is 12. The third kappa shape index (κ3) is 6.51. The van der Waals surface area contributed by atoms with Gasteiger partial charge in [-0.05, 0) is 229 Å². The maximum Gasteiger partial charge on any atom is 0.252 e. The maximum atomic E-state index is 7.61. The average Bonchev–Trinajstić information content (AvgIpc) is 3.76. The molecule has 382 valence electrons. The minimum absolute atomic E-state index is 0.0202. The van der Waals surface area contributed by atoms with Crippen molar-refractivity contribution in [1.82, 2.24) is 0 Å². The van der Waals surface area contributed by atoms with Crippen LogP contribution >= 0.6 is 0 Å². The Bertz CT molecular complexity index is 3660. The first-order chi connectivity index (χ1) is 34.3. The van der Waals surface area contributed by atoms with Crippen molar-refractivity contribution in [2.45, 2.75) is 220 Å². The summed E-state index contributed by atoms with van der Waals surface area (Å²) in [5.74, 6) is 0. The van der Waals surface area contributed by atoms with Crippen LogP contribution in [-0.4, -0.2) is 6.71 Å². The molecule has 3 nitrogen and oxygen atoms in total. The van der Waals surface area contributed by atoms with E-state index in [0.717, 1.165) is 24.0 Å². The maximum absolute atomic E-state index is 7.61. The Morgan fingerprint density at radius 3 is 1.30 bits per heavy atom. The van der Waals surface area contributed by atoms with Gasteiger partial charge in [0, 0.05) is 39.2 Å². The molecule has 0 saturated heterocycles. The molecular formula is C70H83BN2O. The standard InChI is InChI=1S/C70H83BN2O/c1-39-28-57-60-58(29-39)73(55-35-49-45(31-41(55)3)64(6,7)23-26-67(49,12)13)61-52(21-20-42-43-32-46-51(37-59(43)74-62(42)61)68(14,15)27-24-65(46,8)9)71(60)53-33-47-50(70(18,19)38-69(47,16)17)36-56(53)72(57)54-34-48-44(30-40(54)2)63(4,5)22-25-66(48,10)11/h20-21,28-37H,22-27,38H2,1-19H3. The number of furan rings is 1. The van der Waals surface area contributed by atoms with E-state index in [2.05, 4.69) is 214 Å². The zero-order valence-corrected chi connectivity index (χ0v) is 48.8. The van der Waals surface area contributed by atoms with Crippen LogP contribution in [0.3, 0.4) is 0 Å². The van der Waals surface area contributed by atoms with Crippen LogP contribution in [0.5, 0.6) is 0 Å². The molecule has 0 N–H and O–H groups in total. The molecule has 6 aromatic carbocycles. The van der Waals surface area contributed by atoms with Crippen LogP contribution in [0.2, 0.25) is 0 Å². The van der Waals surface area contributed by atoms with Crippen molar-refractivity contribution in [1.29, 1.82) is 0 Å². The molecular weight excluding hydrogens is 896 g/mol. The molecule has 4 aliphatic carbocycles. The van der Waals surface area contributed by atoms with E-state index in [9.17, 15) is 0 Å². The largest absolute Gasteiger partial charge is 0.454 e. The second kappa shape index (κ2) is 14.6. The molecule has 0 spiro atoms. The van der Waals surface area contributed by atoms with Gasteiger partial charge in [-0.2, -0.15) is 0 Å². The summed E-state index contributed by atoms with van der Waals surface area (Å²) in [7, 11) is 0. The lowest BCUT2D eigenvalue weighted by Gasteiger charge is -2.47. The molecule has 0 atom stereocenters. The van der Waals surface area contributed by atoms with Gasteiger partial charge in [-0.3, -0.25) is 0 Å². The molecule has 0 saturated carbocycles. The Morgan fingerprint density at radius 1 is 0.378 bits per heavy atom. The third-order valence-electron chi connectivity index (χ3n) is 21.1. The van der Waals surface area contributed by atoms with Crippen LogP contribution in [0.25, 0.3) is 21.9 Å². The van der Waals surface area contributed by atoms with Gasteiger partial charge in [0.15, 0.2) is 5.58 Å². The number of benzene rings is 6. The molecule has 6 aliphatic rings. The summed E-state index contributed by atoms with van der Waals surface area (Å²) >= 11 is 0. The van der Waals surface area contributed by atoms with Crippen molar-refractivity contribution in [3.8, 4) is 0 Å². The second-order valence-electron chi connectivity index (χ2n) is 30.3. The zero-order chi connectivity index (χ0) is 52.7. The van der Waals surface area contributed by atoms with Gasteiger partial charge in [0.1, 0.15) is 5.58 Å². The first kappa shape index (κ1) is 48.4. The smallest absolute Gasteiger partial charge is 0.252 e. The number of nitrogens with zero attached hydrogens (tertiary/aromatic N) is 2. The monoisotopic (exact) mass is 979 g/mol. The first-order valence-corrected chi connectivity index (χ1v) is 28.6. The van der Waals surface area contributed by atoms with E-state index in [1.807, 2.05) is 0 Å². The summed E-state index contributed by atoms with van der Waals surface area (Å²) in [4.78, 5) is 5.45. The summed E-state index contributed by atoms with van der Waals surface area (Å²) in [6.45, 7) is 46.6. The van der Waals surface area contributed by atoms with E-state index in [0.29, 0.717) is 0 Å². The molecule has 0 bridgehead atoms. The lowest BCUT2D eigenvalue weighted by Crippen LogP contribution is -2.61. The van der Waals surface area contributed by atoms with Crippen LogP contribution < -0.4 is 26.2 Å². The quantitative estimate of drug-likeness (QED) is 0.161. The second-order valence-corrected chi connectivity index (χ2v) is 30.3. The van der Waals surface area contributed by atoms with Gasteiger partial charge >= 0.3 is 0 Å². The van der Waals surface area contributed by atoms with Gasteiger partial charge in [-0.15, -0.1) is 0 Å². The summed E-state index contributed by atoms with van der Waals surface area (Å²) in [5, 5.41) is 2.45. The molecule has 3 heterocycles. The van der Waals surface area contributed by atoms with E-state index < -0.39 is 0 Å². The number of hydrogen-bond donors (Lipinski definition) is 0. The highest BCUT2D eigenvalue weighted by Crippen LogP contribution is 2.57. The van der Waals surface area contributed by atoms with Gasteiger partial charge in [-0.25, -0.2) is 0 Å². The highest BCUT2D eigenvalue weighted by Gasteiger charge is 2.50. The predicted octanol–water partition coefficient (Wildman–Crippen LogP) is 17.6. The first-order valence-electron chi connectivity index (χ1n) is 28.6. The van der Waals surface area contributed by atoms with Gasteiger partial charge < -0.3 is 14.2 Å². The summed E-state index contributed by atoms with van der Waals surface area (Å²) in [6, 6.07) is 30.8. The van der Waals surface area contributed by atoms with Crippen LogP contribution in [0.1, 0.15) is 217 Å². The van der Waals surface area contributed by atoms with Gasteiger partial charge in [0.2, 0.25) is 0 Å². The lowest BCUT2D eigenvalue weighted by atomic mass is 9.33. The van der Waals surface area contributed by atoms with Crippen molar-refractivity contribution in [2.75, 3.05) is 9.80 Å². The Labute approximate surface area is 445 Å². The van der Waals surface area contributed by atoms with Crippen molar-refractivity contribution in [3.63, 3.8) is 0 Å². The van der Waals surface area contributed by atoms with Crippen molar-refractivity contribution >= 4 is 79.2 Å². The zero-order valence-electron chi connectivity index (χ0n) is 48.8.